The van der Waals surface area contributed by atoms with E-state index in [0.717, 1.165) is 42.7 Å². The zero-order chi connectivity index (χ0) is 19.4. The quantitative estimate of drug-likeness (QED) is 0.539. The van der Waals surface area contributed by atoms with Gasteiger partial charge in [0.2, 0.25) is 5.91 Å². The molecule has 0 unspecified atom stereocenters. The van der Waals surface area contributed by atoms with Crippen molar-refractivity contribution in [3.8, 4) is 11.3 Å². The summed E-state index contributed by atoms with van der Waals surface area (Å²) in [5, 5.41) is 1.18. The number of carbonyl (C=O) groups excluding carboxylic acids is 1. The summed E-state index contributed by atoms with van der Waals surface area (Å²) in [5.74, 6) is 0.200. The van der Waals surface area contributed by atoms with Gasteiger partial charge in [0.1, 0.15) is 6.54 Å². The molecule has 0 radical (unpaired) electrons. The van der Waals surface area contributed by atoms with Crippen LogP contribution >= 0.6 is 0 Å². The first-order valence-corrected chi connectivity index (χ1v) is 9.98. The number of benzene rings is 2. The van der Waals surface area contributed by atoms with E-state index in [2.05, 4.69) is 80.8 Å². The van der Waals surface area contributed by atoms with Crippen molar-refractivity contribution in [2.45, 2.75) is 47.1 Å². The molecule has 0 saturated heterocycles. The van der Waals surface area contributed by atoms with E-state index < -0.39 is 0 Å². The Hall–Kier alpha value is -2.55. The van der Waals surface area contributed by atoms with Gasteiger partial charge in [-0.05, 0) is 49.9 Å². The van der Waals surface area contributed by atoms with Crippen LogP contribution in [0.25, 0.3) is 22.2 Å². The Morgan fingerprint density at radius 1 is 0.889 bits per heavy atom. The summed E-state index contributed by atoms with van der Waals surface area (Å²) in [6.45, 7) is 10.5. The summed E-state index contributed by atoms with van der Waals surface area (Å²) in [4.78, 5) is 15.1. The molecule has 0 spiro atoms. The third-order valence-corrected chi connectivity index (χ3v) is 5.04. The molecule has 1 heterocycles. The second kappa shape index (κ2) is 8.43. The zero-order valence-corrected chi connectivity index (χ0v) is 17.0. The number of carbonyl (C=O) groups is 1. The number of nitrogens with zero attached hydrogens (tertiary/aromatic N) is 2. The highest BCUT2D eigenvalue weighted by atomic mass is 16.2. The number of aryl methyl sites for hydroxylation is 2. The molecule has 3 heteroatoms. The van der Waals surface area contributed by atoms with Gasteiger partial charge >= 0.3 is 0 Å². The molecule has 0 N–H and O–H groups in total. The lowest BCUT2D eigenvalue weighted by Crippen LogP contribution is -2.35. The molecule has 142 valence electrons. The van der Waals surface area contributed by atoms with E-state index in [4.69, 9.17) is 0 Å². The standard InChI is InChI=1S/C24H30N2O/c1-5-13-25(14-6-2)24(27)17-26-22-15-19(4)9-12-21(22)16-23(26)20-10-7-18(3)8-11-20/h7-12,15-16H,5-6,13-14,17H2,1-4H3. The number of amides is 1. The van der Waals surface area contributed by atoms with Crippen LogP contribution in [0.5, 0.6) is 0 Å². The Bertz CT molecular complexity index is 915. The molecule has 0 aliphatic rings. The fourth-order valence-corrected chi connectivity index (χ4v) is 3.63. The summed E-state index contributed by atoms with van der Waals surface area (Å²) < 4.78 is 2.19. The molecule has 0 aliphatic heterocycles. The van der Waals surface area contributed by atoms with E-state index in [9.17, 15) is 4.79 Å². The van der Waals surface area contributed by atoms with E-state index in [1.807, 2.05) is 4.90 Å². The predicted molar refractivity (Wildman–Crippen MR) is 114 cm³/mol. The summed E-state index contributed by atoms with van der Waals surface area (Å²) in [7, 11) is 0. The first kappa shape index (κ1) is 19.2. The normalized spacial score (nSPS) is 11.1. The van der Waals surface area contributed by atoms with Gasteiger partial charge in [-0.1, -0.05) is 55.8 Å². The lowest BCUT2D eigenvalue weighted by atomic mass is 10.1. The summed E-state index contributed by atoms with van der Waals surface area (Å²) >= 11 is 0. The van der Waals surface area contributed by atoms with Crippen molar-refractivity contribution in [1.29, 1.82) is 0 Å². The van der Waals surface area contributed by atoms with E-state index >= 15 is 0 Å². The average Bonchev–Trinajstić information content (AvgIpc) is 3.00. The molecule has 3 aromatic rings. The maximum atomic E-state index is 13.1. The third kappa shape index (κ3) is 4.24. The molecule has 0 bridgehead atoms. The molecular formula is C24H30N2O. The number of aromatic nitrogens is 1. The van der Waals surface area contributed by atoms with E-state index in [1.54, 1.807) is 0 Å². The van der Waals surface area contributed by atoms with Crippen molar-refractivity contribution in [2.24, 2.45) is 0 Å². The minimum atomic E-state index is 0.200. The van der Waals surface area contributed by atoms with Crippen molar-refractivity contribution in [3.05, 3.63) is 59.7 Å². The van der Waals surface area contributed by atoms with Gasteiger partial charge in [0.15, 0.2) is 0 Å². The maximum absolute atomic E-state index is 13.1. The van der Waals surface area contributed by atoms with E-state index in [-0.39, 0.29) is 5.91 Å². The molecule has 3 nitrogen and oxygen atoms in total. The molecule has 3 rings (SSSR count). The SMILES string of the molecule is CCCN(CCC)C(=O)Cn1c(-c2ccc(C)cc2)cc2ccc(C)cc21. The van der Waals surface area contributed by atoms with E-state index in [0.29, 0.717) is 6.54 Å². The van der Waals surface area contributed by atoms with Crippen LogP contribution in [0, 0.1) is 13.8 Å². The zero-order valence-electron chi connectivity index (χ0n) is 17.0. The highest BCUT2D eigenvalue weighted by molar-refractivity contribution is 5.89. The van der Waals surface area contributed by atoms with Crippen molar-refractivity contribution >= 4 is 16.8 Å². The average molecular weight is 363 g/mol. The van der Waals surface area contributed by atoms with Crippen LogP contribution in [-0.2, 0) is 11.3 Å². The second-order valence-corrected chi connectivity index (χ2v) is 7.42. The maximum Gasteiger partial charge on any atom is 0.242 e. The van der Waals surface area contributed by atoms with E-state index in [1.165, 1.54) is 16.5 Å². The van der Waals surface area contributed by atoms with Crippen LogP contribution in [0.15, 0.2) is 48.5 Å². The molecule has 2 aromatic carbocycles. The van der Waals surface area contributed by atoms with Crippen LogP contribution < -0.4 is 0 Å². The third-order valence-electron chi connectivity index (χ3n) is 5.04. The minimum Gasteiger partial charge on any atom is -0.341 e. The van der Waals surface area contributed by atoms with Crippen LogP contribution in [-0.4, -0.2) is 28.5 Å². The largest absolute Gasteiger partial charge is 0.341 e. The summed E-state index contributed by atoms with van der Waals surface area (Å²) in [5.41, 5.74) is 5.85. The molecule has 1 amide bonds. The van der Waals surface area contributed by atoms with Gasteiger partial charge in [-0.25, -0.2) is 0 Å². The fourth-order valence-electron chi connectivity index (χ4n) is 3.63. The van der Waals surface area contributed by atoms with Crippen molar-refractivity contribution in [1.82, 2.24) is 9.47 Å². The second-order valence-electron chi connectivity index (χ2n) is 7.42. The topological polar surface area (TPSA) is 25.2 Å². The Morgan fingerprint density at radius 2 is 1.52 bits per heavy atom. The van der Waals surface area contributed by atoms with Crippen molar-refractivity contribution < 1.29 is 4.79 Å². The van der Waals surface area contributed by atoms with Gasteiger partial charge in [-0.15, -0.1) is 0 Å². The van der Waals surface area contributed by atoms with Gasteiger partial charge in [0, 0.05) is 29.7 Å². The first-order chi connectivity index (χ1) is 13.0. The molecule has 27 heavy (non-hydrogen) atoms. The Balaban J connectivity index is 2.06. The number of rotatable bonds is 7. The number of hydrogen-bond donors (Lipinski definition) is 0. The molecule has 0 fully saturated rings. The fraction of sp³-hybridized carbons (Fsp3) is 0.375. The molecule has 0 aliphatic carbocycles. The van der Waals surface area contributed by atoms with Gasteiger partial charge in [0.05, 0.1) is 0 Å². The predicted octanol–water partition coefficient (Wildman–Crippen LogP) is 5.57. The monoisotopic (exact) mass is 362 g/mol. The lowest BCUT2D eigenvalue weighted by molar-refractivity contribution is -0.131. The molecule has 0 atom stereocenters. The van der Waals surface area contributed by atoms with Gasteiger partial charge in [-0.3, -0.25) is 4.79 Å². The van der Waals surface area contributed by atoms with Gasteiger partial charge in [-0.2, -0.15) is 0 Å². The number of hydrogen-bond acceptors (Lipinski definition) is 1. The molecular weight excluding hydrogens is 332 g/mol. The van der Waals surface area contributed by atoms with Gasteiger partial charge < -0.3 is 9.47 Å². The Morgan fingerprint density at radius 3 is 2.15 bits per heavy atom. The van der Waals surface area contributed by atoms with Crippen LogP contribution in [0.1, 0.15) is 37.8 Å². The first-order valence-electron chi connectivity index (χ1n) is 9.98. The van der Waals surface area contributed by atoms with Crippen LogP contribution in [0.2, 0.25) is 0 Å². The number of fused-ring (bicyclic) bond motifs is 1. The lowest BCUT2D eigenvalue weighted by Gasteiger charge is -2.23. The highest BCUT2D eigenvalue weighted by Gasteiger charge is 2.17. The minimum absolute atomic E-state index is 0.200. The summed E-state index contributed by atoms with van der Waals surface area (Å²) in [6.07, 6.45) is 1.98. The van der Waals surface area contributed by atoms with Crippen molar-refractivity contribution in [3.63, 3.8) is 0 Å². The van der Waals surface area contributed by atoms with Gasteiger partial charge in [0.25, 0.3) is 0 Å². The Labute approximate surface area is 162 Å². The summed E-state index contributed by atoms with van der Waals surface area (Å²) in [6, 6.07) is 17.2. The van der Waals surface area contributed by atoms with Crippen molar-refractivity contribution in [2.75, 3.05) is 13.1 Å². The smallest absolute Gasteiger partial charge is 0.242 e. The van der Waals surface area contributed by atoms with Crippen LogP contribution in [0.3, 0.4) is 0 Å². The Kier molecular flexibility index (Phi) is 6.00. The van der Waals surface area contributed by atoms with Crippen LogP contribution in [0.4, 0.5) is 0 Å². The molecule has 1 aromatic heterocycles. The highest BCUT2D eigenvalue weighted by Crippen LogP contribution is 2.29. The molecule has 0 saturated carbocycles.